The number of nitrogen functional groups attached to an aromatic ring is 1. The molecule has 2 N–H and O–H groups in total. The molecule has 0 spiro atoms. The number of hydrogen-bond acceptors (Lipinski definition) is 3. The first-order valence-corrected chi connectivity index (χ1v) is 6.93. The van der Waals surface area contributed by atoms with Crippen LogP contribution in [0.5, 0.6) is 5.75 Å². The van der Waals surface area contributed by atoms with E-state index in [1.54, 1.807) is 0 Å². The summed E-state index contributed by atoms with van der Waals surface area (Å²) in [4.78, 5) is 0. The third-order valence-corrected chi connectivity index (χ3v) is 3.01. The van der Waals surface area contributed by atoms with Crippen molar-refractivity contribution in [3.05, 3.63) is 65.7 Å². The van der Waals surface area contributed by atoms with Crippen molar-refractivity contribution in [3.8, 4) is 11.8 Å². The van der Waals surface area contributed by atoms with Crippen molar-refractivity contribution in [2.45, 2.75) is 12.8 Å². The maximum Gasteiger partial charge on any atom is 0.119 e. The van der Waals surface area contributed by atoms with Crippen LogP contribution in [0.4, 0.5) is 5.69 Å². The third kappa shape index (κ3) is 5.04. The van der Waals surface area contributed by atoms with Crippen molar-refractivity contribution in [3.63, 3.8) is 0 Å². The maximum atomic E-state index is 8.72. The largest absolute Gasteiger partial charge is 0.494 e. The molecule has 0 atom stereocenters. The fourth-order valence-electron chi connectivity index (χ4n) is 1.84. The molecule has 0 amide bonds. The van der Waals surface area contributed by atoms with E-state index in [1.165, 1.54) is 0 Å². The molecule has 2 aromatic rings. The van der Waals surface area contributed by atoms with E-state index in [4.69, 9.17) is 15.7 Å². The van der Waals surface area contributed by atoms with Crippen molar-refractivity contribution >= 4 is 11.8 Å². The van der Waals surface area contributed by atoms with E-state index in [-0.39, 0.29) is 0 Å². The molecular weight excluding hydrogens is 260 g/mol. The molecule has 0 aliphatic heterocycles. The average Bonchev–Trinajstić information content (AvgIpc) is 2.53. The number of allylic oxidation sites excluding steroid dienone is 1. The van der Waals surface area contributed by atoms with Gasteiger partial charge in [0.15, 0.2) is 0 Å². The lowest BCUT2D eigenvalue weighted by Crippen LogP contribution is -1.96. The Bertz CT molecular complexity index is 622. The zero-order chi connectivity index (χ0) is 14.9. The fraction of sp³-hybridized carbons (Fsp3) is 0.167. The Balaban J connectivity index is 1.68. The molecule has 0 saturated heterocycles. The van der Waals surface area contributed by atoms with Gasteiger partial charge in [-0.05, 0) is 54.8 Å². The summed E-state index contributed by atoms with van der Waals surface area (Å²) in [7, 11) is 0. The minimum atomic E-state index is 0.682. The molecule has 0 unspecified atom stereocenters. The van der Waals surface area contributed by atoms with Crippen LogP contribution < -0.4 is 10.5 Å². The Kier molecular flexibility index (Phi) is 5.42. The van der Waals surface area contributed by atoms with Gasteiger partial charge in [-0.2, -0.15) is 5.26 Å². The molecular formula is C18H18N2O. The minimum Gasteiger partial charge on any atom is -0.494 e. The smallest absolute Gasteiger partial charge is 0.119 e. The van der Waals surface area contributed by atoms with Gasteiger partial charge in [0.05, 0.1) is 18.2 Å². The van der Waals surface area contributed by atoms with E-state index >= 15 is 0 Å². The van der Waals surface area contributed by atoms with Crippen molar-refractivity contribution in [2.24, 2.45) is 0 Å². The lowest BCUT2D eigenvalue weighted by atomic mass is 10.1. The van der Waals surface area contributed by atoms with E-state index in [2.05, 4.69) is 18.2 Å². The van der Waals surface area contributed by atoms with Gasteiger partial charge >= 0.3 is 0 Å². The Morgan fingerprint density at radius 1 is 1.05 bits per heavy atom. The summed E-state index contributed by atoms with van der Waals surface area (Å²) in [6.07, 6.45) is 6.09. The van der Waals surface area contributed by atoms with E-state index in [1.807, 2.05) is 48.5 Å². The molecule has 0 heterocycles. The van der Waals surface area contributed by atoms with Crippen LogP contribution in [0, 0.1) is 11.3 Å². The van der Waals surface area contributed by atoms with E-state index in [0.29, 0.717) is 12.2 Å². The molecule has 0 aliphatic carbocycles. The second-order valence-electron chi connectivity index (χ2n) is 4.70. The standard InChI is InChI=1S/C18H18N2O/c19-14-16-7-5-15(6-8-16)4-2-1-3-13-21-18-11-9-17(20)10-12-18/h2,4-12H,1,3,13,20H2/b4-2+. The Morgan fingerprint density at radius 2 is 1.76 bits per heavy atom. The average molecular weight is 278 g/mol. The summed E-state index contributed by atoms with van der Waals surface area (Å²) < 4.78 is 5.62. The lowest BCUT2D eigenvalue weighted by Gasteiger charge is -2.04. The van der Waals surface area contributed by atoms with Crippen LogP contribution in [0.1, 0.15) is 24.0 Å². The minimum absolute atomic E-state index is 0.682. The number of nitrogens with two attached hydrogens (primary N) is 1. The van der Waals surface area contributed by atoms with Gasteiger partial charge in [0, 0.05) is 5.69 Å². The Hall–Kier alpha value is -2.73. The number of anilines is 1. The first-order chi connectivity index (χ1) is 10.3. The van der Waals surface area contributed by atoms with Gasteiger partial charge in [-0.25, -0.2) is 0 Å². The van der Waals surface area contributed by atoms with Crippen molar-refractivity contribution in [1.82, 2.24) is 0 Å². The topological polar surface area (TPSA) is 59.0 Å². The zero-order valence-electron chi connectivity index (χ0n) is 11.8. The van der Waals surface area contributed by atoms with Gasteiger partial charge in [0.25, 0.3) is 0 Å². The molecule has 0 aromatic heterocycles. The maximum absolute atomic E-state index is 8.72. The molecule has 21 heavy (non-hydrogen) atoms. The molecule has 0 bridgehead atoms. The van der Waals surface area contributed by atoms with E-state index < -0.39 is 0 Å². The normalized spacial score (nSPS) is 10.4. The van der Waals surface area contributed by atoms with Gasteiger partial charge in [-0.15, -0.1) is 0 Å². The summed E-state index contributed by atoms with van der Waals surface area (Å²) in [5.41, 5.74) is 8.14. The molecule has 2 rings (SSSR count). The molecule has 106 valence electrons. The monoisotopic (exact) mass is 278 g/mol. The van der Waals surface area contributed by atoms with Crippen LogP contribution in [-0.4, -0.2) is 6.61 Å². The number of nitriles is 1. The zero-order valence-corrected chi connectivity index (χ0v) is 11.8. The lowest BCUT2D eigenvalue weighted by molar-refractivity contribution is 0.312. The van der Waals surface area contributed by atoms with Crippen molar-refractivity contribution < 1.29 is 4.74 Å². The highest BCUT2D eigenvalue weighted by Gasteiger charge is 1.93. The second kappa shape index (κ2) is 7.76. The summed E-state index contributed by atoms with van der Waals surface area (Å²) in [6, 6.07) is 17.1. The highest BCUT2D eigenvalue weighted by Crippen LogP contribution is 2.13. The first-order valence-electron chi connectivity index (χ1n) is 6.93. The quantitative estimate of drug-likeness (QED) is 0.641. The number of unbranched alkanes of at least 4 members (excludes halogenated alkanes) is 1. The summed E-state index contributed by atoms with van der Waals surface area (Å²) in [5.74, 6) is 0.847. The van der Waals surface area contributed by atoms with E-state index in [0.717, 1.165) is 29.8 Å². The second-order valence-corrected chi connectivity index (χ2v) is 4.70. The summed E-state index contributed by atoms with van der Waals surface area (Å²) >= 11 is 0. The number of ether oxygens (including phenoxy) is 1. The van der Waals surface area contributed by atoms with Gasteiger partial charge in [-0.3, -0.25) is 0 Å². The molecule has 0 radical (unpaired) electrons. The van der Waals surface area contributed by atoms with Crippen LogP contribution in [0.3, 0.4) is 0 Å². The summed E-state index contributed by atoms with van der Waals surface area (Å²) in [6.45, 7) is 0.682. The van der Waals surface area contributed by atoms with Gasteiger partial charge in [0.1, 0.15) is 5.75 Å². The predicted octanol–water partition coefficient (Wildman–Crippen LogP) is 4.01. The molecule has 0 aliphatic rings. The SMILES string of the molecule is N#Cc1ccc(/C=C/CCCOc2ccc(N)cc2)cc1. The molecule has 3 heteroatoms. The number of benzene rings is 2. The van der Waals surface area contributed by atoms with E-state index in [9.17, 15) is 0 Å². The molecule has 0 saturated carbocycles. The van der Waals surface area contributed by atoms with Crippen LogP contribution >= 0.6 is 0 Å². The third-order valence-electron chi connectivity index (χ3n) is 3.01. The number of hydrogen-bond donors (Lipinski definition) is 1. The van der Waals surface area contributed by atoms with Gasteiger partial charge < -0.3 is 10.5 Å². The molecule has 2 aromatic carbocycles. The van der Waals surface area contributed by atoms with Crippen molar-refractivity contribution in [2.75, 3.05) is 12.3 Å². The van der Waals surface area contributed by atoms with Gasteiger partial charge in [0.2, 0.25) is 0 Å². The Labute approximate surface area is 125 Å². The highest BCUT2D eigenvalue weighted by molar-refractivity contribution is 5.50. The fourth-order valence-corrected chi connectivity index (χ4v) is 1.84. The summed E-state index contributed by atoms with van der Waals surface area (Å²) in [5, 5.41) is 8.72. The highest BCUT2D eigenvalue weighted by atomic mass is 16.5. The number of nitrogens with zero attached hydrogens (tertiary/aromatic N) is 1. The first kappa shape index (κ1) is 14.7. The van der Waals surface area contributed by atoms with Crippen molar-refractivity contribution in [1.29, 1.82) is 5.26 Å². The van der Waals surface area contributed by atoms with Crippen LogP contribution in [0.15, 0.2) is 54.6 Å². The van der Waals surface area contributed by atoms with Gasteiger partial charge in [-0.1, -0.05) is 24.3 Å². The predicted molar refractivity (Wildman–Crippen MR) is 85.8 cm³/mol. The molecule has 3 nitrogen and oxygen atoms in total. The molecule has 0 fully saturated rings. The van der Waals surface area contributed by atoms with Crippen LogP contribution in [0.25, 0.3) is 6.08 Å². The van der Waals surface area contributed by atoms with Crippen LogP contribution in [0.2, 0.25) is 0 Å². The van der Waals surface area contributed by atoms with Crippen LogP contribution in [-0.2, 0) is 0 Å². The Morgan fingerprint density at radius 3 is 2.43 bits per heavy atom. The number of rotatable bonds is 6.